The lowest BCUT2D eigenvalue weighted by molar-refractivity contribution is -0.135. The van der Waals surface area contributed by atoms with Crippen molar-refractivity contribution in [2.75, 3.05) is 66.4 Å². The van der Waals surface area contributed by atoms with Gasteiger partial charge in [-0.05, 0) is 17.8 Å². The van der Waals surface area contributed by atoms with Crippen molar-refractivity contribution in [1.29, 1.82) is 0 Å². The molecule has 1 N–H and O–H groups in total. The van der Waals surface area contributed by atoms with Gasteiger partial charge in [0.15, 0.2) is 5.78 Å². The molecule has 0 aliphatic rings. The van der Waals surface area contributed by atoms with E-state index in [0.717, 1.165) is 6.42 Å². The monoisotopic (exact) mass is 600 g/mol. The fourth-order valence-electron chi connectivity index (χ4n) is 4.20. The van der Waals surface area contributed by atoms with E-state index in [9.17, 15) is 19.2 Å². The lowest BCUT2D eigenvalue weighted by Gasteiger charge is -2.28. The summed E-state index contributed by atoms with van der Waals surface area (Å²) in [5.74, 6) is -1.03. The summed E-state index contributed by atoms with van der Waals surface area (Å²) in [6.07, 6.45) is 1.17. The van der Waals surface area contributed by atoms with Crippen LogP contribution in [0.2, 0.25) is 0 Å². The van der Waals surface area contributed by atoms with Gasteiger partial charge in [-0.25, -0.2) is 0 Å². The third kappa shape index (κ3) is 19.3. The van der Waals surface area contributed by atoms with Crippen molar-refractivity contribution in [1.82, 2.24) is 10.2 Å². The standard InChI is InChI=1S/C32H60N2O8/c1-24(2)29(26(35)23-25(3)30(38)32(7,8)9)33-27(36)11-14-34(15-13-31(4,5)6)28(37)12-16-40-19-20-42-22-21-41-18-17-39-10/h24-25,29H,11-23H2,1-10H3,(H,33,36)/t25-,29+/m1/s1. The molecule has 0 aromatic rings. The molecule has 0 aliphatic carbocycles. The van der Waals surface area contributed by atoms with Crippen LogP contribution in [0.25, 0.3) is 0 Å². The molecule has 0 unspecified atom stereocenters. The molecule has 10 nitrogen and oxygen atoms in total. The lowest BCUT2D eigenvalue weighted by Crippen LogP contribution is -2.46. The normalized spacial score (nSPS) is 13.6. The van der Waals surface area contributed by atoms with E-state index in [2.05, 4.69) is 26.1 Å². The maximum absolute atomic E-state index is 13.0. The maximum atomic E-state index is 13.0. The first kappa shape index (κ1) is 40.1. The van der Waals surface area contributed by atoms with E-state index in [4.69, 9.17) is 18.9 Å². The van der Waals surface area contributed by atoms with Gasteiger partial charge in [0.05, 0.1) is 58.7 Å². The SMILES string of the molecule is COCCOCCOCCOCCC(=O)N(CCC(=O)N[C@H](C(=O)C[C@@H](C)C(=O)C(C)(C)C)C(C)C)CCC(C)(C)C. The van der Waals surface area contributed by atoms with Crippen molar-refractivity contribution in [3.8, 4) is 0 Å². The summed E-state index contributed by atoms with van der Waals surface area (Å²) < 4.78 is 21.3. The smallest absolute Gasteiger partial charge is 0.224 e. The number of nitrogens with zero attached hydrogens (tertiary/aromatic N) is 1. The Morgan fingerprint density at radius 2 is 1.26 bits per heavy atom. The molecule has 42 heavy (non-hydrogen) atoms. The first-order valence-electron chi connectivity index (χ1n) is 15.4. The second-order valence-corrected chi connectivity index (χ2v) is 13.5. The van der Waals surface area contributed by atoms with E-state index >= 15 is 0 Å². The van der Waals surface area contributed by atoms with E-state index in [-0.39, 0.29) is 67.1 Å². The number of ketones is 2. The summed E-state index contributed by atoms with van der Waals surface area (Å²) in [7, 11) is 1.62. The molecule has 2 atom stereocenters. The number of rotatable bonds is 23. The first-order chi connectivity index (χ1) is 19.5. The van der Waals surface area contributed by atoms with Crippen LogP contribution in [0.5, 0.6) is 0 Å². The van der Waals surface area contributed by atoms with Crippen LogP contribution in [0.1, 0.15) is 88.0 Å². The van der Waals surface area contributed by atoms with Crippen LogP contribution >= 0.6 is 0 Å². The fraction of sp³-hybridized carbons (Fsp3) is 0.875. The molecule has 2 amide bonds. The number of methoxy groups -OCH3 is 1. The summed E-state index contributed by atoms with van der Waals surface area (Å²) in [6.45, 7) is 21.2. The lowest BCUT2D eigenvalue weighted by atomic mass is 9.80. The van der Waals surface area contributed by atoms with Crippen molar-refractivity contribution >= 4 is 23.4 Å². The highest BCUT2D eigenvalue weighted by Crippen LogP contribution is 2.23. The second-order valence-electron chi connectivity index (χ2n) is 13.5. The second kappa shape index (κ2) is 20.9. The molecule has 10 heteroatoms. The number of hydrogen-bond acceptors (Lipinski definition) is 8. The van der Waals surface area contributed by atoms with Crippen LogP contribution in [-0.4, -0.2) is 101 Å². The van der Waals surface area contributed by atoms with E-state index < -0.39 is 17.4 Å². The van der Waals surface area contributed by atoms with Crippen LogP contribution in [0.4, 0.5) is 0 Å². The summed E-state index contributed by atoms with van der Waals surface area (Å²) in [5.41, 5.74) is -0.504. The van der Waals surface area contributed by atoms with Crippen LogP contribution in [0, 0.1) is 22.7 Å². The summed E-state index contributed by atoms with van der Waals surface area (Å²) in [5, 5.41) is 2.87. The molecule has 0 aliphatic heterocycles. The molecular formula is C32H60N2O8. The zero-order valence-electron chi connectivity index (χ0n) is 28.1. The molecule has 0 spiro atoms. The molecule has 0 radical (unpaired) electrons. The van der Waals surface area contributed by atoms with E-state index in [1.165, 1.54) is 0 Å². The van der Waals surface area contributed by atoms with Crippen molar-refractivity contribution in [3.05, 3.63) is 0 Å². The summed E-state index contributed by atoms with van der Waals surface area (Å²) in [6, 6.07) is -0.681. The molecular weight excluding hydrogens is 540 g/mol. The van der Waals surface area contributed by atoms with Crippen molar-refractivity contribution < 1.29 is 38.1 Å². The van der Waals surface area contributed by atoms with Gasteiger partial charge in [-0.2, -0.15) is 0 Å². The fourth-order valence-corrected chi connectivity index (χ4v) is 4.20. The first-order valence-corrected chi connectivity index (χ1v) is 15.4. The topological polar surface area (TPSA) is 120 Å². The highest BCUT2D eigenvalue weighted by atomic mass is 16.6. The minimum Gasteiger partial charge on any atom is -0.382 e. The molecule has 0 bridgehead atoms. The van der Waals surface area contributed by atoms with Crippen molar-refractivity contribution in [2.24, 2.45) is 22.7 Å². The van der Waals surface area contributed by atoms with Gasteiger partial charge in [-0.15, -0.1) is 0 Å². The molecule has 0 saturated carbocycles. The summed E-state index contributed by atoms with van der Waals surface area (Å²) in [4.78, 5) is 53.2. The average Bonchev–Trinajstić information content (AvgIpc) is 2.88. The van der Waals surface area contributed by atoms with Gasteiger partial charge in [0.25, 0.3) is 0 Å². The Balaban J connectivity index is 4.81. The van der Waals surface area contributed by atoms with Crippen LogP contribution in [-0.2, 0) is 38.1 Å². The highest BCUT2D eigenvalue weighted by molar-refractivity contribution is 5.94. The molecule has 246 valence electrons. The Hall–Kier alpha value is -1.88. The number of carbonyl (C=O) groups excluding carboxylic acids is 4. The van der Waals surface area contributed by atoms with Crippen molar-refractivity contribution in [2.45, 2.75) is 94.0 Å². The highest BCUT2D eigenvalue weighted by Gasteiger charge is 2.32. The van der Waals surface area contributed by atoms with Gasteiger partial charge < -0.3 is 29.2 Å². The Kier molecular flexibility index (Phi) is 20.0. The maximum Gasteiger partial charge on any atom is 0.224 e. The number of Topliss-reactive ketones (excluding diaryl/α,β-unsaturated/α-hetero) is 2. The van der Waals surface area contributed by atoms with E-state index in [0.29, 0.717) is 46.2 Å². The predicted octanol–water partition coefficient (Wildman–Crippen LogP) is 4.08. The number of nitrogens with one attached hydrogen (secondary N) is 1. The van der Waals surface area contributed by atoms with Gasteiger partial charge >= 0.3 is 0 Å². The predicted molar refractivity (Wildman–Crippen MR) is 164 cm³/mol. The minimum atomic E-state index is -0.681. The molecule has 0 fully saturated rings. The third-order valence-electron chi connectivity index (χ3n) is 6.75. The zero-order valence-corrected chi connectivity index (χ0v) is 28.1. The van der Waals surface area contributed by atoms with Gasteiger partial charge in [0, 0.05) is 44.4 Å². The third-order valence-corrected chi connectivity index (χ3v) is 6.75. The quantitative estimate of drug-likeness (QED) is 0.174. The Bertz CT molecular complexity index is 801. The molecule has 0 heterocycles. The zero-order chi connectivity index (χ0) is 32.3. The Morgan fingerprint density at radius 3 is 1.74 bits per heavy atom. The van der Waals surface area contributed by atoms with Gasteiger partial charge in [-0.3, -0.25) is 19.2 Å². The van der Waals surface area contributed by atoms with Crippen LogP contribution < -0.4 is 5.32 Å². The Morgan fingerprint density at radius 1 is 0.738 bits per heavy atom. The minimum absolute atomic E-state index is 0.0255. The van der Waals surface area contributed by atoms with Crippen LogP contribution in [0.15, 0.2) is 0 Å². The summed E-state index contributed by atoms with van der Waals surface area (Å²) >= 11 is 0. The average molecular weight is 601 g/mol. The largest absolute Gasteiger partial charge is 0.382 e. The molecule has 0 aromatic heterocycles. The van der Waals surface area contributed by atoms with Crippen LogP contribution in [0.3, 0.4) is 0 Å². The van der Waals surface area contributed by atoms with Gasteiger partial charge in [0.1, 0.15) is 5.78 Å². The van der Waals surface area contributed by atoms with Gasteiger partial charge in [0.2, 0.25) is 11.8 Å². The molecule has 0 rings (SSSR count). The number of ether oxygens (including phenoxy) is 4. The molecule has 0 aromatic carbocycles. The van der Waals surface area contributed by atoms with Gasteiger partial charge in [-0.1, -0.05) is 62.3 Å². The number of carbonyl (C=O) groups is 4. The Labute approximate surface area is 254 Å². The number of hydrogen-bond donors (Lipinski definition) is 1. The van der Waals surface area contributed by atoms with Crippen molar-refractivity contribution in [3.63, 3.8) is 0 Å². The van der Waals surface area contributed by atoms with E-state index in [1.54, 1.807) is 18.9 Å². The molecule has 0 saturated heterocycles. The number of amides is 2. The van der Waals surface area contributed by atoms with E-state index in [1.807, 2.05) is 34.6 Å².